The highest BCUT2D eigenvalue weighted by Gasteiger charge is 2.03. The second kappa shape index (κ2) is 5.73. The number of rotatable bonds is 5. The molecule has 0 bridgehead atoms. The van der Waals surface area contributed by atoms with Crippen LogP contribution in [-0.4, -0.2) is 16.8 Å². The Morgan fingerprint density at radius 2 is 2.18 bits per heavy atom. The van der Waals surface area contributed by atoms with Gasteiger partial charge in [-0.15, -0.1) is 11.6 Å². The van der Waals surface area contributed by atoms with Crippen LogP contribution in [0, 0.1) is 0 Å². The third kappa shape index (κ3) is 3.24. The highest BCUT2D eigenvalue weighted by molar-refractivity contribution is 6.17. The lowest BCUT2D eigenvalue weighted by Crippen LogP contribution is -2.10. The summed E-state index contributed by atoms with van der Waals surface area (Å²) in [6, 6.07) is 7.81. The van der Waals surface area contributed by atoms with E-state index in [9.17, 15) is 4.79 Å². The average Bonchev–Trinajstić information content (AvgIpc) is 2.76. The van der Waals surface area contributed by atoms with Gasteiger partial charge in [-0.05, 0) is 37.1 Å². The van der Waals surface area contributed by atoms with Gasteiger partial charge in [-0.3, -0.25) is 4.79 Å². The van der Waals surface area contributed by atoms with E-state index in [4.69, 9.17) is 11.6 Å². The summed E-state index contributed by atoms with van der Waals surface area (Å²) in [6.07, 6.45) is 4.13. The Morgan fingerprint density at radius 1 is 1.29 bits per heavy atom. The van der Waals surface area contributed by atoms with Crippen LogP contribution in [0.4, 0.5) is 5.69 Å². The number of H-pyrrole nitrogens is 1. The Labute approximate surface area is 105 Å². The van der Waals surface area contributed by atoms with Crippen molar-refractivity contribution in [1.82, 2.24) is 4.98 Å². The number of alkyl halides is 1. The predicted molar refractivity (Wildman–Crippen MR) is 71.5 cm³/mol. The van der Waals surface area contributed by atoms with Crippen LogP contribution < -0.4 is 5.32 Å². The molecule has 3 nitrogen and oxygen atoms in total. The van der Waals surface area contributed by atoms with Gasteiger partial charge in [-0.1, -0.05) is 0 Å². The number of hydrogen-bond donors (Lipinski definition) is 2. The van der Waals surface area contributed by atoms with Crippen molar-refractivity contribution in [3.05, 3.63) is 30.5 Å². The average molecular weight is 251 g/mol. The Morgan fingerprint density at radius 3 is 3.00 bits per heavy atom. The fraction of sp³-hybridized carbons (Fsp3) is 0.308. The highest BCUT2D eigenvalue weighted by atomic mass is 35.5. The highest BCUT2D eigenvalue weighted by Crippen LogP contribution is 2.18. The summed E-state index contributed by atoms with van der Waals surface area (Å²) in [4.78, 5) is 14.7. The molecule has 0 fully saturated rings. The van der Waals surface area contributed by atoms with E-state index in [0.717, 1.165) is 29.4 Å². The summed E-state index contributed by atoms with van der Waals surface area (Å²) >= 11 is 5.56. The number of benzene rings is 1. The van der Waals surface area contributed by atoms with Crippen LogP contribution in [0.25, 0.3) is 10.9 Å². The first-order valence-corrected chi connectivity index (χ1v) is 6.26. The van der Waals surface area contributed by atoms with Gasteiger partial charge >= 0.3 is 0 Å². The van der Waals surface area contributed by atoms with E-state index in [1.54, 1.807) is 0 Å². The van der Waals surface area contributed by atoms with Gasteiger partial charge in [0.05, 0.1) is 0 Å². The van der Waals surface area contributed by atoms with E-state index in [1.165, 1.54) is 0 Å². The minimum absolute atomic E-state index is 0.0463. The zero-order valence-corrected chi connectivity index (χ0v) is 10.3. The second-order valence-electron chi connectivity index (χ2n) is 3.97. The summed E-state index contributed by atoms with van der Waals surface area (Å²) in [5, 5.41) is 3.99. The molecule has 0 spiro atoms. The molecule has 0 radical (unpaired) electrons. The van der Waals surface area contributed by atoms with Crippen molar-refractivity contribution in [1.29, 1.82) is 0 Å². The zero-order valence-electron chi connectivity index (χ0n) is 9.50. The van der Waals surface area contributed by atoms with Gasteiger partial charge in [0, 0.05) is 35.1 Å². The van der Waals surface area contributed by atoms with Crippen LogP contribution >= 0.6 is 11.6 Å². The summed E-state index contributed by atoms with van der Waals surface area (Å²) in [6.45, 7) is 0. The number of aromatic nitrogens is 1. The van der Waals surface area contributed by atoms with Crippen LogP contribution in [0.5, 0.6) is 0 Å². The lowest BCUT2D eigenvalue weighted by Gasteiger charge is -2.04. The molecule has 2 rings (SSSR count). The molecule has 0 unspecified atom stereocenters. The minimum atomic E-state index is 0.0463. The lowest BCUT2D eigenvalue weighted by molar-refractivity contribution is -0.116. The standard InChI is InChI=1S/C13H15ClN2O/c14-7-2-1-3-13(17)16-11-4-5-12-10(9-11)6-8-15-12/h4-6,8-9,15H,1-3,7H2,(H,16,17). The van der Waals surface area contributed by atoms with Gasteiger partial charge in [0.2, 0.25) is 5.91 Å². The number of fused-ring (bicyclic) bond motifs is 1. The Kier molecular flexibility index (Phi) is 4.04. The lowest BCUT2D eigenvalue weighted by atomic mass is 10.2. The molecule has 1 heterocycles. The van der Waals surface area contributed by atoms with Crippen molar-refractivity contribution in [2.24, 2.45) is 0 Å². The third-order valence-corrected chi connectivity index (χ3v) is 2.89. The fourth-order valence-electron chi connectivity index (χ4n) is 1.73. The fourth-order valence-corrected chi connectivity index (χ4v) is 1.92. The molecule has 0 saturated heterocycles. The number of hydrogen-bond acceptors (Lipinski definition) is 1. The molecular weight excluding hydrogens is 236 g/mol. The summed E-state index contributed by atoms with van der Waals surface area (Å²) in [5.41, 5.74) is 1.91. The molecule has 2 aromatic rings. The largest absolute Gasteiger partial charge is 0.361 e. The monoisotopic (exact) mass is 250 g/mol. The van der Waals surface area contributed by atoms with E-state index >= 15 is 0 Å². The molecule has 1 aromatic carbocycles. The Hall–Kier alpha value is -1.48. The van der Waals surface area contributed by atoms with Gasteiger partial charge < -0.3 is 10.3 Å². The van der Waals surface area contributed by atoms with Crippen LogP contribution in [0.1, 0.15) is 19.3 Å². The molecule has 1 amide bonds. The summed E-state index contributed by atoms with van der Waals surface area (Å²) < 4.78 is 0. The number of nitrogens with one attached hydrogen (secondary N) is 2. The van der Waals surface area contributed by atoms with Crippen LogP contribution in [0.15, 0.2) is 30.5 Å². The quantitative estimate of drug-likeness (QED) is 0.619. The molecular formula is C13H15ClN2O. The van der Waals surface area contributed by atoms with Crippen LogP contribution in [0.3, 0.4) is 0 Å². The molecule has 0 aliphatic rings. The number of anilines is 1. The zero-order chi connectivity index (χ0) is 12.1. The van der Waals surface area contributed by atoms with Gasteiger partial charge in [-0.2, -0.15) is 0 Å². The maximum absolute atomic E-state index is 11.6. The summed E-state index contributed by atoms with van der Waals surface area (Å²) in [7, 11) is 0. The number of carbonyl (C=O) groups excluding carboxylic acids is 1. The van der Waals surface area contributed by atoms with Gasteiger partial charge in [0.1, 0.15) is 0 Å². The maximum atomic E-state index is 11.6. The van der Waals surface area contributed by atoms with E-state index in [-0.39, 0.29) is 5.91 Å². The van der Waals surface area contributed by atoms with Crippen molar-refractivity contribution in [2.45, 2.75) is 19.3 Å². The second-order valence-corrected chi connectivity index (χ2v) is 4.35. The molecule has 4 heteroatoms. The number of amides is 1. The molecule has 0 aliphatic carbocycles. The first-order chi connectivity index (χ1) is 8.29. The van der Waals surface area contributed by atoms with E-state index in [2.05, 4.69) is 10.3 Å². The molecule has 0 aliphatic heterocycles. The van der Waals surface area contributed by atoms with Crippen molar-refractivity contribution in [3.63, 3.8) is 0 Å². The molecule has 17 heavy (non-hydrogen) atoms. The molecule has 90 valence electrons. The van der Waals surface area contributed by atoms with E-state index < -0.39 is 0 Å². The van der Waals surface area contributed by atoms with Crippen molar-refractivity contribution < 1.29 is 4.79 Å². The van der Waals surface area contributed by atoms with E-state index in [0.29, 0.717) is 12.3 Å². The first kappa shape index (κ1) is 12.0. The van der Waals surface area contributed by atoms with E-state index in [1.807, 2.05) is 30.5 Å². The van der Waals surface area contributed by atoms with Crippen molar-refractivity contribution in [3.8, 4) is 0 Å². The smallest absolute Gasteiger partial charge is 0.224 e. The maximum Gasteiger partial charge on any atom is 0.224 e. The molecule has 0 atom stereocenters. The van der Waals surface area contributed by atoms with Gasteiger partial charge in [-0.25, -0.2) is 0 Å². The van der Waals surface area contributed by atoms with Crippen LogP contribution in [0.2, 0.25) is 0 Å². The Bertz CT molecular complexity index is 507. The van der Waals surface area contributed by atoms with Crippen LogP contribution in [-0.2, 0) is 4.79 Å². The van der Waals surface area contributed by atoms with Crippen molar-refractivity contribution in [2.75, 3.05) is 11.2 Å². The number of unbranched alkanes of at least 4 members (excludes halogenated alkanes) is 1. The molecule has 1 aromatic heterocycles. The number of carbonyl (C=O) groups is 1. The normalized spacial score (nSPS) is 10.6. The Balaban J connectivity index is 1.95. The molecule has 0 saturated carbocycles. The predicted octanol–water partition coefficient (Wildman–Crippen LogP) is 3.52. The van der Waals surface area contributed by atoms with Gasteiger partial charge in [0.15, 0.2) is 0 Å². The molecule has 2 N–H and O–H groups in total. The number of aromatic amines is 1. The van der Waals surface area contributed by atoms with Gasteiger partial charge in [0.25, 0.3) is 0 Å². The first-order valence-electron chi connectivity index (χ1n) is 5.72. The summed E-state index contributed by atoms with van der Waals surface area (Å²) in [5.74, 6) is 0.660. The number of halogens is 1. The SMILES string of the molecule is O=C(CCCCCl)Nc1ccc2[nH]ccc2c1. The minimum Gasteiger partial charge on any atom is -0.361 e. The topological polar surface area (TPSA) is 44.9 Å². The third-order valence-electron chi connectivity index (χ3n) is 2.62. The van der Waals surface area contributed by atoms with Crippen molar-refractivity contribution >= 4 is 34.1 Å².